The molecule has 0 aromatic carbocycles. The molecular formula is C16H24N6O3. The number of hydrogen-bond acceptors (Lipinski definition) is 7. The fourth-order valence-corrected chi connectivity index (χ4v) is 2.91. The van der Waals surface area contributed by atoms with Crippen LogP contribution in [-0.2, 0) is 16.1 Å². The molecule has 0 saturated carbocycles. The van der Waals surface area contributed by atoms with Gasteiger partial charge in [-0.15, -0.1) is 0 Å². The van der Waals surface area contributed by atoms with Crippen LogP contribution in [0.5, 0.6) is 0 Å². The number of carbonyl (C=O) groups excluding carboxylic acids is 1. The van der Waals surface area contributed by atoms with Crippen molar-refractivity contribution < 1.29 is 14.1 Å². The van der Waals surface area contributed by atoms with E-state index in [-0.39, 0.29) is 12.0 Å². The second kappa shape index (κ2) is 7.75. The number of rotatable bonds is 6. The Kier molecular flexibility index (Phi) is 5.44. The topological polar surface area (TPSA) is 98.3 Å². The van der Waals surface area contributed by atoms with Crippen LogP contribution in [-0.4, -0.2) is 63.1 Å². The van der Waals surface area contributed by atoms with Crippen LogP contribution in [0.15, 0.2) is 10.6 Å². The van der Waals surface area contributed by atoms with E-state index in [4.69, 9.17) is 9.26 Å². The number of anilines is 1. The number of nitrogens with one attached hydrogen (secondary N) is 1. The maximum atomic E-state index is 12.0. The average molecular weight is 348 g/mol. The van der Waals surface area contributed by atoms with Gasteiger partial charge in [0.25, 0.3) is 0 Å². The van der Waals surface area contributed by atoms with Crippen molar-refractivity contribution in [3.05, 3.63) is 23.5 Å². The molecule has 25 heavy (non-hydrogen) atoms. The maximum absolute atomic E-state index is 12.0. The number of amides is 1. The lowest BCUT2D eigenvalue weighted by atomic mass is 10.2. The zero-order chi connectivity index (χ0) is 17.8. The number of aryl methyl sites for hydroxylation is 3. The van der Waals surface area contributed by atoms with E-state index in [1.165, 1.54) is 0 Å². The molecule has 0 bridgehead atoms. The van der Waals surface area contributed by atoms with Gasteiger partial charge in [0, 0.05) is 32.1 Å². The molecular weight excluding hydrogens is 324 g/mol. The molecule has 136 valence electrons. The highest BCUT2D eigenvalue weighted by Gasteiger charge is 2.22. The lowest BCUT2D eigenvalue weighted by Crippen LogP contribution is -2.45. The minimum absolute atomic E-state index is 0.0507. The lowest BCUT2D eigenvalue weighted by molar-refractivity contribution is -0.117. The quantitative estimate of drug-likeness (QED) is 0.829. The molecule has 1 N–H and O–H groups in total. The monoisotopic (exact) mass is 348 g/mol. The Balaban J connectivity index is 1.45. The molecule has 3 heterocycles. The Hall–Kier alpha value is -2.26. The minimum atomic E-state index is -0.0703. The van der Waals surface area contributed by atoms with Gasteiger partial charge in [-0.05, 0) is 20.8 Å². The van der Waals surface area contributed by atoms with Crippen LogP contribution in [0.2, 0.25) is 0 Å². The molecule has 1 saturated heterocycles. The Labute approximate surface area is 146 Å². The second-order valence-corrected chi connectivity index (χ2v) is 6.30. The van der Waals surface area contributed by atoms with Crippen molar-refractivity contribution in [1.29, 1.82) is 0 Å². The maximum Gasteiger partial charge on any atom is 0.226 e. The lowest BCUT2D eigenvalue weighted by Gasteiger charge is -2.32. The second-order valence-electron chi connectivity index (χ2n) is 6.30. The molecule has 1 aliphatic heterocycles. The van der Waals surface area contributed by atoms with Gasteiger partial charge < -0.3 is 14.6 Å². The first-order valence-corrected chi connectivity index (χ1v) is 8.45. The molecule has 3 rings (SSSR count). The summed E-state index contributed by atoms with van der Waals surface area (Å²) in [7, 11) is 0. The minimum Gasteiger partial charge on any atom is -0.374 e. The predicted octanol–water partition coefficient (Wildman–Crippen LogP) is 0.921. The fourth-order valence-electron chi connectivity index (χ4n) is 2.91. The molecule has 1 amide bonds. The van der Waals surface area contributed by atoms with Crippen LogP contribution < -0.4 is 5.32 Å². The van der Waals surface area contributed by atoms with Crippen LogP contribution in [0.25, 0.3) is 0 Å². The van der Waals surface area contributed by atoms with Gasteiger partial charge in [-0.2, -0.15) is 5.10 Å². The highest BCUT2D eigenvalue weighted by Crippen LogP contribution is 2.11. The highest BCUT2D eigenvalue weighted by molar-refractivity contribution is 5.89. The summed E-state index contributed by atoms with van der Waals surface area (Å²) in [6.07, 6.45) is 0.454. The molecule has 2 aromatic heterocycles. The van der Waals surface area contributed by atoms with Crippen molar-refractivity contribution in [3.8, 4) is 0 Å². The van der Waals surface area contributed by atoms with Crippen LogP contribution in [0.3, 0.4) is 0 Å². The number of carbonyl (C=O) groups is 1. The molecule has 0 radical (unpaired) electrons. The first-order chi connectivity index (χ1) is 12.0. The fraction of sp³-hybridized carbons (Fsp3) is 0.625. The summed E-state index contributed by atoms with van der Waals surface area (Å²) in [4.78, 5) is 18.6. The van der Waals surface area contributed by atoms with Gasteiger partial charge >= 0.3 is 0 Å². The van der Waals surface area contributed by atoms with Crippen molar-refractivity contribution in [2.45, 2.75) is 39.8 Å². The summed E-state index contributed by atoms with van der Waals surface area (Å²) in [5.74, 6) is 2.72. The number of aromatic nitrogens is 4. The van der Waals surface area contributed by atoms with E-state index in [2.05, 4.69) is 25.5 Å². The first kappa shape index (κ1) is 17.6. The van der Waals surface area contributed by atoms with Gasteiger partial charge in [0.1, 0.15) is 17.4 Å². The zero-order valence-electron chi connectivity index (χ0n) is 14.9. The molecule has 0 spiro atoms. The summed E-state index contributed by atoms with van der Waals surface area (Å²) in [6, 6.07) is 1.70. The number of nitrogens with zero attached hydrogens (tertiary/aromatic N) is 5. The number of hydrogen-bond donors (Lipinski definition) is 1. The van der Waals surface area contributed by atoms with E-state index in [1.807, 2.05) is 18.5 Å². The number of morpholine rings is 1. The average Bonchev–Trinajstić information content (AvgIpc) is 3.11. The Morgan fingerprint density at radius 1 is 1.40 bits per heavy atom. The van der Waals surface area contributed by atoms with Gasteiger partial charge in [-0.3, -0.25) is 9.69 Å². The number of ether oxygens (including phenoxy) is 1. The predicted molar refractivity (Wildman–Crippen MR) is 90.2 cm³/mol. The van der Waals surface area contributed by atoms with Crippen molar-refractivity contribution in [1.82, 2.24) is 24.8 Å². The first-order valence-electron chi connectivity index (χ1n) is 8.45. The van der Waals surface area contributed by atoms with Crippen LogP contribution in [0.1, 0.15) is 23.8 Å². The molecule has 9 nitrogen and oxygen atoms in total. The Morgan fingerprint density at radius 2 is 2.24 bits per heavy atom. The van der Waals surface area contributed by atoms with Crippen molar-refractivity contribution in [2.75, 3.05) is 31.6 Å². The van der Waals surface area contributed by atoms with E-state index in [0.29, 0.717) is 37.7 Å². The summed E-state index contributed by atoms with van der Waals surface area (Å²) in [5.41, 5.74) is 0. The van der Waals surface area contributed by atoms with Gasteiger partial charge in [0.15, 0.2) is 5.82 Å². The normalized spacial score (nSPS) is 18.4. The van der Waals surface area contributed by atoms with Gasteiger partial charge in [0.05, 0.1) is 19.3 Å². The Bertz CT molecular complexity index is 725. The van der Waals surface area contributed by atoms with Gasteiger partial charge in [0.2, 0.25) is 5.91 Å². The third-order valence-electron chi connectivity index (χ3n) is 4.11. The summed E-state index contributed by atoms with van der Waals surface area (Å²) >= 11 is 0. The summed E-state index contributed by atoms with van der Waals surface area (Å²) < 4.78 is 12.6. The molecule has 2 aromatic rings. The SMILES string of the molecule is Cc1nc(C)n(CC2CN(CCC(=O)Nc3cc(C)on3)CCO2)n1. The van der Waals surface area contributed by atoms with E-state index in [0.717, 1.165) is 24.7 Å². The van der Waals surface area contributed by atoms with E-state index in [1.54, 1.807) is 13.0 Å². The largest absolute Gasteiger partial charge is 0.374 e. The van der Waals surface area contributed by atoms with E-state index < -0.39 is 0 Å². The third kappa shape index (κ3) is 4.86. The molecule has 0 aliphatic carbocycles. The molecule has 1 aliphatic rings. The molecule has 1 atom stereocenters. The van der Waals surface area contributed by atoms with Crippen LogP contribution in [0, 0.1) is 20.8 Å². The molecule has 9 heteroatoms. The third-order valence-corrected chi connectivity index (χ3v) is 4.11. The van der Waals surface area contributed by atoms with Crippen molar-refractivity contribution in [3.63, 3.8) is 0 Å². The van der Waals surface area contributed by atoms with Crippen molar-refractivity contribution in [2.24, 2.45) is 0 Å². The Morgan fingerprint density at radius 3 is 2.92 bits per heavy atom. The smallest absolute Gasteiger partial charge is 0.226 e. The van der Waals surface area contributed by atoms with Crippen LogP contribution >= 0.6 is 0 Å². The summed E-state index contributed by atoms with van der Waals surface area (Å²) in [6.45, 7) is 9.21. The highest BCUT2D eigenvalue weighted by atomic mass is 16.5. The molecule has 1 unspecified atom stereocenters. The van der Waals surface area contributed by atoms with Gasteiger partial charge in [-0.25, -0.2) is 9.67 Å². The van der Waals surface area contributed by atoms with E-state index >= 15 is 0 Å². The van der Waals surface area contributed by atoms with E-state index in [9.17, 15) is 4.79 Å². The standard InChI is InChI=1S/C16H24N6O3/c1-11-8-15(20-25-11)18-16(23)4-5-21-6-7-24-14(9-21)10-22-13(3)17-12(2)19-22/h8,14H,4-7,9-10H2,1-3H3,(H,18,20,23). The summed E-state index contributed by atoms with van der Waals surface area (Å²) in [5, 5.41) is 10.9. The van der Waals surface area contributed by atoms with Gasteiger partial charge in [-0.1, -0.05) is 5.16 Å². The zero-order valence-corrected chi connectivity index (χ0v) is 14.9. The van der Waals surface area contributed by atoms with Crippen molar-refractivity contribution >= 4 is 11.7 Å². The molecule has 1 fully saturated rings. The van der Waals surface area contributed by atoms with Crippen LogP contribution in [0.4, 0.5) is 5.82 Å².